The molecule has 1 aliphatic carbocycles. The van der Waals surface area contributed by atoms with Crippen molar-refractivity contribution in [3.8, 4) is 0 Å². The summed E-state index contributed by atoms with van der Waals surface area (Å²) in [5.41, 5.74) is 0. The van der Waals surface area contributed by atoms with Crippen molar-refractivity contribution in [2.45, 2.75) is 37.8 Å². The quantitative estimate of drug-likeness (QED) is 0.579. The standard InChI is InChI=1S/C10H18N2O2/c13-8-4-9(11-6-8)10(14)12-5-7-2-1-3-7/h7-9,11,13H,1-6H2,(H,12,14). The van der Waals surface area contributed by atoms with E-state index in [1.807, 2.05) is 0 Å². The second kappa shape index (κ2) is 4.28. The van der Waals surface area contributed by atoms with Crippen molar-refractivity contribution in [1.82, 2.24) is 10.6 Å². The molecule has 0 aromatic carbocycles. The minimum Gasteiger partial charge on any atom is -0.392 e. The van der Waals surface area contributed by atoms with Gasteiger partial charge in [-0.1, -0.05) is 6.42 Å². The molecule has 1 saturated heterocycles. The van der Waals surface area contributed by atoms with Gasteiger partial charge in [0, 0.05) is 13.1 Å². The van der Waals surface area contributed by atoms with E-state index in [-0.39, 0.29) is 18.1 Å². The molecule has 2 fully saturated rings. The van der Waals surface area contributed by atoms with Gasteiger partial charge in [0.2, 0.25) is 5.91 Å². The molecule has 1 aliphatic heterocycles. The molecule has 0 aromatic heterocycles. The first-order valence-electron chi connectivity index (χ1n) is 5.45. The Bertz CT molecular complexity index is 216. The summed E-state index contributed by atoms with van der Waals surface area (Å²) in [6.07, 6.45) is 4.01. The van der Waals surface area contributed by atoms with Gasteiger partial charge < -0.3 is 15.7 Å². The van der Waals surface area contributed by atoms with Gasteiger partial charge in [0.1, 0.15) is 0 Å². The molecule has 14 heavy (non-hydrogen) atoms. The lowest BCUT2D eigenvalue weighted by molar-refractivity contribution is -0.123. The van der Waals surface area contributed by atoms with Crippen LogP contribution in [0.3, 0.4) is 0 Å². The first kappa shape index (κ1) is 9.93. The first-order valence-corrected chi connectivity index (χ1v) is 5.45. The monoisotopic (exact) mass is 198 g/mol. The predicted octanol–water partition coefficient (Wildman–Crippen LogP) is -0.375. The predicted molar refractivity (Wildman–Crippen MR) is 52.8 cm³/mol. The number of hydrogen-bond donors (Lipinski definition) is 3. The Kier molecular flexibility index (Phi) is 3.03. The SMILES string of the molecule is O=C(NCC1CCC1)C1CC(O)CN1. The van der Waals surface area contributed by atoms with E-state index in [1.165, 1.54) is 19.3 Å². The summed E-state index contributed by atoms with van der Waals surface area (Å²) in [5, 5.41) is 15.2. The largest absolute Gasteiger partial charge is 0.392 e. The number of rotatable bonds is 3. The summed E-state index contributed by atoms with van der Waals surface area (Å²) in [6, 6.07) is -0.176. The zero-order chi connectivity index (χ0) is 9.97. The molecule has 1 heterocycles. The second-order valence-electron chi connectivity index (χ2n) is 4.39. The van der Waals surface area contributed by atoms with Gasteiger partial charge in [0.05, 0.1) is 12.1 Å². The Labute approximate surface area is 84.1 Å². The highest BCUT2D eigenvalue weighted by atomic mass is 16.3. The number of β-amino-alcohol motifs (C(OH)–C–C–N with tert-alkyl or cyclic N) is 1. The van der Waals surface area contributed by atoms with Crippen LogP contribution in [0.1, 0.15) is 25.7 Å². The van der Waals surface area contributed by atoms with E-state index in [2.05, 4.69) is 10.6 Å². The highest BCUT2D eigenvalue weighted by Crippen LogP contribution is 2.25. The molecule has 1 saturated carbocycles. The summed E-state index contributed by atoms with van der Waals surface area (Å²) in [5.74, 6) is 0.749. The minimum absolute atomic E-state index is 0.0495. The van der Waals surface area contributed by atoms with Crippen LogP contribution in [0.5, 0.6) is 0 Å². The van der Waals surface area contributed by atoms with Crippen molar-refractivity contribution >= 4 is 5.91 Å². The molecule has 3 N–H and O–H groups in total. The summed E-state index contributed by atoms with van der Waals surface area (Å²) < 4.78 is 0. The van der Waals surface area contributed by atoms with Crippen LogP contribution in [0.15, 0.2) is 0 Å². The third-order valence-electron chi connectivity index (χ3n) is 3.21. The minimum atomic E-state index is -0.352. The zero-order valence-corrected chi connectivity index (χ0v) is 8.33. The fourth-order valence-corrected chi connectivity index (χ4v) is 1.98. The number of amides is 1. The maximum Gasteiger partial charge on any atom is 0.237 e. The van der Waals surface area contributed by atoms with Gasteiger partial charge in [-0.25, -0.2) is 0 Å². The maximum atomic E-state index is 11.6. The van der Waals surface area contributed by atoms with Gasteiger partial charge >= 0.3 is 0 Å². The van der Waals surface area contributed by atoms with Crippen molar-refractivity contribution in [2.75, 3.05) is 13.1 Å². The molecule has 4 nitrogen and oxygen atoms in total. The molecule has 2 unspecified atom stereocenters. The van der Waals surface area contributed by atoms with Gasteiger partial charge in [-0.3, -0.25) is 4.79 Å². The van der Waals surface area contributed by atoms with Gasteiger partial charge in [-0.15, -0.1) is 0 Å². The maximum absolute atomic E-state index is 11.6. The van der Waals surface area contributed by atoms with E-state index in [0.29, 0.717) is 18.9 Å². The van der Waals surface area contributed by atoms with E-state index in [9.17, 15) is 9.90 Å². The normalized spacial score (nSPS) is 32.6. The van der Waals surface area contributed by atoms with Gasteiger partial charge in [0.25, 0.3) is 0 Å². The van der Waals surface area contributed by atoms with E-state index in [0.717, 1.165) is 6.54 Å². The average molecular weight is 198 g/mol. The number of carbonyl (C=O) groups excluding carboxylic acids is 1. The summed E-state index contributed by atoms with van der Waals surface area (Å²) >= 11 is 0. The van der Waals surface area contributed by atoms with Crippen LogP contribution in [0, 0.1) is 5.92 Å². The molecule has 2 rings (SSSR count). The Morgan fingerprint density at radius 3 is 2.79 bits per heavy atom. The molecular formula is C10H18N2O2. The Balaban J connectivity index is 1.67. The summed E-state index contributed by atoms with van der Waals surface area (Å²) in [4.78, 5) is 11.6. The van der Waals surface area contributed by atoms with Crippen LogP contribution >= 0.6 is 0 Å². The van der Waals surface area contributed by atoms with E-state index in [4.69, 9.17) is 0 Å². The van der Waals surface area contributed by atoms with Crippen molar-refractivity contribution < 1.29 is 9.90 Å². The third-order valence-corrected chi connectivity index (χ3v) is 3.21. The lowest BCUT2D eigenvalue weighted by atomic mass is 9.85. The number of carbonyl (C=O) groups is 1. The van der Waals surface area contributed by atoms with E-state index >= 15 is 0 Å². The molecule has 2 atom stereocenters. The highest BCUT2D eigenvalue weighted by Gasteiger charge is 2.28. The van der Waals surface area contributed by atoms with Crippen LogP contribution in [-0.2, 0) is 4.79 Å². The summed E-state index contributed by atoms with van der Waals surface area (Å²) in [7, 11) is 0. The van der Waals surface area contributed by atoms with E-state index < -0.39 is 0 Å². The van der Waals surface area contributed by atoms with Crippen molar-refractivity contribution in [3.05, 3.63) is 0 Å². The van der Waals surface area contributed by atoms with Crippen LogP contribution in [0.4, 0.5) is 0 Å². The topological polar surface area (TPSA) is 61.4 Å². The van der Waals surface area contributed by atoms with Gasteiger partial charge in [-0.05, 0) is 25.2 Å². The fourth-order valence-electron chi connectivity index (χ4n) is 1.98. The molecule has 0 spiro atoms. The Morgan fingerprint density at radius 2 is 2.29 bits per heavy atom. The Hall–Kier alpha value is -0.610. The lowest BCUT2D eigenvalue weighted by Crippen LogP contribution is -2.43. The molecular weight excluding hydrogens is 180 g/mol. The van der Waals surface area contributed by atoms with Crippen LogP contribution in [0.25, 0.3) is 0 Å². The lowest BCUT2D eigenvalue weighted by Gasteiger charge is -2.26. The van der Waals surface area contributed by atoms with E-state index in [1.54, 1.807) is 0 Å². The molecule has 80 valence electrons. The molecule has 0 aromatic rings. The molecule has 0 radical (unpaired) electrons. The van der Waals surface area contributed by atoms with Gasteiger partial charge in [-0.2, -0.15) is 0 Å². The van der Waals surface area contributed by atoms with Crippen LogP contribution in [-0.4, -0.2) is 36.2 Å². The molecule has 2 aliphatic rings. The Morgan fingerprint density at radius 1 is 1.50 bits per heavy atom. The zero-order valence-electron chi connectivity index (χ0n) is 8.33. The number of aliphatic hydroxyl groups is 1. The molecule has 0 bridgehead atoms. The summed E-state index contributed by atoms with van der Waals surface area (Å²) in [6.45, 7) is 1.36. The van der Waals surface area contributed by atoms with Gasteiger partial charge in [0.15, 0.2) is 0 Å². The number of aliphatic hydroxyl groups excluding tert-OH is 1. The van der Waals surface area contributed by atoms with Crippen LogP contribution in [0.2, 0.25) is 0 Å². The highest BCUT2D eigenvalue weighted by molar-refractivity contribution is 5.82. The third kappa shape index (κ3) is 2.25. The van der Waals surface area contributed by atoms with Crippen LogP contribution < -0.4 is 10.6 Å². The fraction of sp³-hybridized carbons (Fsp3) is 0.900. The first-order chi connectivity index (χ1) is 6.75. The smallest absolute Gasteiger partial charge is 0.237 e. The number of nitrogens with one attached hydrogen (secondary N) is 2. The molecule has 4 heteroatoms. The van der Waals surface area contributed by atoms with Crippen molar-refractivity contribution in [2.24, 2.45) is 5.92 Å². The van der Waals surface area contributed by atoms with Crippen molar-refractivity contribution in [1.29, 1.82) is 0 Å². The molecule has 1 amide bonds. The number of hydrogen-bond acceptors (Lipinski definition) is 3. The average Bonchev–Trinajstić information content (AvgIpc) is 2.49. The second-order valence-corrected chi connectivity index (χ2v) is 4.39. The van der Waals surface area contributed by atoms with Crippen molar-refractivity contribution in [3.63, 3.8) is 0 Å².